The Morgan fingerprint density at radius 2 is 2.08 bits per heavy atom. The number of carbonyl (C=O) groups excluding carboxylic acids is 1. The number of benzene rings is 1. The molecule has 0 spiro atoms. The third-order valence-corrected chi connectivity index (χ3v) is 6.88. The van der Waals surface area contributed by atoms with Crippen LogP contribution in [-0.4, -0.2) is 71.4 Å². The molecule has 208 valence electrons. The summed E-state index contributed by atoms with van der Waals surface area (Å²) in [5, 5.41) is 18.5. The molecule has 38 heavy (non-hydrogen) atoms. The fourth-order valence-corrected chi connectivity index (χ4v) is 4.87. The van der Waals surface area contributed by atoms with Crippen molar-refractivity contribution >= 4 is 71.5 Å². The van der Waals surface area contributed by atoms with Crippen LogP contribution in [-0.2, 0) is 17.8 Å². The van der Waals surface area contributed by atoms with E-state index < -0.39 is 6.10 Å². The lowest BCUT2D eigenvalue weighted by molar-refractivity contribution is -0.118. The van der Waals surface area contributed by atoms with E-state index in [1.54, 1.807) is 19.4 Å². The number of methoxy groups -OCH3 is 1. The minimum Gasteiger partial charge on any atom is -0.497 e. The maximum atomic E-state index is 11.5. The number of halogens is 4. The Balaban J connectivity index is 0.00000169. The molecule has 1 fully saturated rings. The van der Waals surface area contributed by atoms with Crippen molar-refractivity contribution in [3.8, 4) is 11.5 Å². The number of pyridine rings is 2. The predicted octanol–water partition coefficient (Wildman–Crippen LogP) is 3.66. The van der Waals surface area contributed by atoms with Gasteiger partial charge in [0.15, 0.2) is 18.2 Å². The molecule has 3 aromatic rings. The quantitative estimate of drug-likeness (QED) is 0.374. The van der Waals surface area contributed by atoms with E-state index in [1.807, 2.05) is 24.3 Å². The Labute approximate surface area is 244 Å². The van der Waals surface area contributed by atoms with Crippen molar-refractivity contribution in [2.24, 2.45) is 0 Å². The highest BCUT2D eigenvalue weighted by Gasteiger charge is 2.27. The minimum atomic E-state index is -0.505. The summed E-state index contributed by atoms with van der Waals surface area (Å²) in [4.78, 5) is 22.7. The second-order valence-electron chi connectivity index (χ2n) is 8.85. The van der Waals surface area contributed by atoms with E-state index in [9.17, 15) is 9.90 Å². The van der Waals surface area contributed by atoms with Crippen LogP contribution in [0.3, 0.4) is 0 Å². The van der Waals surface area contributed by atoms with Gasteiger partial charge in [-0.05, 0) is 55.3 Å². The Kier molecular flexibility index (Phi) is 12.1. The molecule has 4 heterocycles. The molecular formula is C25H31Cl4N5O4. The smallest absolute Gasteiger partial charge is 0.263 e. The van der Waals surface area contributed by atoms with Crippen molar-refractivity contribution in [1.29, 1.82) is 0 Å². The van der Waals surface area contributed by atoms with Crippen LogP contribution in [0.2, 0.25) is 5.02 Å². The highest BCUT2D eigenvalue weighted by molar-refractivity contribution is 6.32. The zero-order valence-corrected chi connectivity index (χ0v) is 23.9. The second kappa shape index (κ2) is 14.3. The van der Waals surface area contributed by atoms with E-state index in [4.69, 9.17) is 21.1 Å². The Morgan fingerprint density at radius 1 is 1.26 bits per heavy atom. The summed E-state index contributed by atoms with van der Waals surface area (Å²) < 4.78 is 10.7. The molecule has 0 aliphatic carbocycles. The largest absolute Gasteiger partial charge is 0.497 e. The molecule has 13 heteroatoms. The van der Waals surface area contributed by atoms with Gasteiger partial charge in [-0.25, -0.2) is 4.98 Å². The first kappa shape index (κ1) is 32.1. The van der Waals surface area contributed by atoms with Crippen molar-refractivity contribution in [3.63, 3.8) is 0 Å². The normalized spacial score (nSPS) is 18.7. The predicted molar refractivity (Wildman–Crippen MR) is 155 cm³/mol. The van der Waals surface area contributed by atoms with E-state index in [-0.39, 0.29) is 55.8 Å². The van der Waals surface area contributed by atoms with Crippen LogP contribution in [0.5, 0.6) is 11.5 Å². The lowest BCUT2D eigenvalue weighted by atomic mass is 10.00. The average molecular weight is 607 g/mol. The first-order chi connectivity index (χ1) is 17.0. The molecule has 9 nitrogen and oxygen atoms in total. The number of anilines is 1. The number of hydrogen-bond donors (Lipinski definition) is 3. The topological polar surface area (TPSA) is 109 Å². The maximum absolute atomic E-state index is 11.5. The summed E-state index contributed by atoms with van der Waals surface area (Å²) in [6.07, 6.45) is 2.75. The highest BCUT2D eigenvalue weighted by atomic mass is 35.5. The Morgan fingerprint density at radius 3 is 2.84 bits per heavy atom. The van der Waals surface area contributed by atoms with Gasteiger partial charge in [0.05, 0.1) is 29.4 Å². The van der Waals surface area contributed by atoms with Gasteiger partial charge in [0.2, 0.25) is 0 Å². The van der Waals surface area contributed by atoms with E-state index in [2.05, 4.69) is 25.5 Å². The molecule has 0 radical (unpaired) electrons. The fraction of sp³-hybridized carbons (Fsp3) is 0.400. The number of aliphatic hydroxyl groups excluding tert-OH is 1. The number of rotatable bonds is 7. The summed E-state index contributed by atoms with van der Waals surface area (Å²) in [6, 6.07) is 9.44. The SMILES string of the molecule is COc1ccc2ncc(Cl)c(CCN3CCC(NCc4ccc5c(n4)NC(=O)CO5)C(O)C3)c2c1.Cl.Cl.Cl. The first-order valence-corrected chi connectivity index (χ1v) is 12.1. The summed E-state index contributed by atoms with van der Waals surface area (Å²) in [7, 11) is 1.65. The van der Waals surface area contributed by atoms with Crippen LogP contribution in [0.25, 0.3) is 10.9 Å². The molecule has 2 aliphatic rings. The van der Waals surface area contributed by atoms with Gasteiger partial charge >= 0.3 is 0 Å². The second-order valence-corrected chi connectivity index (χ2v) is 9.26. The lowest BCUT2D eigenvalue weighted by Crippen LogP contribution is -2.52. The third-order valence-electron chi connectivity index (χ3n) is 6.56. The number of aliphatic hydroxyl groups is 1. The summed E-state index contributed by atoms with van der Waals surface area (Å²) in [5.74, 6) is 1.57. The minimum absolute atomic E-state index is 0. The highest BCUT2D eigenvalue weighted by Crippen LogP contribution is 2.29. The standard InChI is InChI=1S/C25H28ClN5O4.3ClH/c1-34-16-3-4-20-18(10-16)17(19(26)12-28-20)6-8-31-9-7-21(22(32)13-31)27-11-15-2-5-23-25(29-15)30-24(33)14-35-23;;;/h2-5,10,12,21-22,27,32H,6-9,11,13-14H2,1H3,(H,29,30,33);3*1H. The average Bonchev–Trinajstić information content (AvgIpc) is 2.87. The van der Waals surface area contributed by atoms with Gasteiger partial charge in [0, 0.05) is 37.3 Å². The van der Waals surface area contributed by atoms with Crippen LogP contribution in [0.4, 0.5) is 5.82 Å². The van der Waals surface area contributed by atoms with Gasteiger partial charge in [-0.2, -0.15) is 0 Å². The van der Waals surface area contributed by atoms with Gasteiger partial charge in [-0.15, -0.1) is 37.2 Å². The van der Waals surface area contributed by atoms with Gasteiger partial charge < -0.3 is 30.1 Å². The first-order valence-electron chi connectivity index (χ1n) is 11.7. The molecule has 3 N–H and O–H groups in total. The molecular weight excluding hydrogens is 576 g/mol. The molecule has 1 amide bonds. The molecule has 1 aromatic carbocycles. The van der Waals surface area contributed by atoms with Gasteiger partial charge in [0.1, 0.15) is 5.75 Å². The summed E-state index contributed by atoms with van der Waals surface area (Å²) in [6.45, 7) is 2.72. The molecule has 5 rings (SSSR count). The van der Waals surface area contributed by atoms with E-state index >= 15 is 0 Å². The van der Waals surface area contributed by atoms with Gasteiger partial charge in [-0.1, -0.05) is 11.6 Å². The van der Waals surface area contributed by atoms with Crippen LogP contribution >= 0.6 is 48.8 Å². The number of amides is 1. The number of nitrogens with zero attached hydrogens (tertiary/aromatic N) is 3. The number of aromatic nitrogens is 2. The number of carbonyl (C=O) groups is 1. The monoisotopic (exact) mass is 605 g/mol. The number of ether oxygens (including phenoxy) is 2. The molecule has 2 atom stereocenters. The number of piperidine rings is 1. The fourth-order valence-electron chi connectivity index (χ4n) is 4.63. The summed E-state index contributed by atoms with van der Waals surface area (Å²) >= 11 is 6.50. The van der Waals surface area contributed by atoms with Crippen molar-refractivity contribution in [2.45, 2.75) is 31.5 Å². The van der Waals surface area contributed by atoms with Crippen molar-refractivity contribution in [2.75, 3.05) is 38.7 Å². The molecule has 2 unspecified atom stereocenters. The van der Waals surface area contributed by atoms with Crippen molar-refractivity contribution < 1.29 is 19.4 Å². The van der Waals surface area contributed by atoms with Gasteiger partial charge in [-0.3, -0.25) is 9.78 Å². The molecule has 0 saturated carbocycles. The number of fused-ring (bicyclic) bond motifs is 2. The van der Waals surface area contributed by atoms with Crippen molar-refractivity contribution in [1.82, 2.24) is 20.2 Å². The summed E-state index contributed by atoms with van der Waals surface area (Å²) in [5.41, 5.74) is 2.70. The number of nitrogens with one attached hydrogen (secondary N) is 2. The lowest BCUT2D eigenvalue weighted by Gasteiger charge is -2.36. The number of likely N-dealkylation sites (tertiary alicyclic amines) is 1. The zero-order chi connectivity index (χ0) is 24.4. The third kappa shape index (κ3) is 7.30. The van der Waals surface area contributed by atoms with E-state index in [1.165, 1.54) is 0 Å². The Hall–Kier alpha value is -2.11. The molecule has 2 aromatic heterocycles. The molecule has 2 aliphatic heterocycles. The molecule has 0 bridgehead atoms. The number of hydrogen-bond acceptors (Lipinski definition) is 8. The number of β-amino-alcohol motifs (C(OH)–C–C–N with tert-alkyl or cyclic N) is 1. The van der Waals surface area contributed by atoms with Crippen molar-refractivity contribution in [3.05, 3.63) is 52.8 Å². The zero-order valence-electron chi connectivity index (χ0n) is 20.7. The van der Waals surface area contributed by atoms with Crippen LogP contribution in [0.1, 0.15) is 17.7 Å². The maximum Gasteiger partial charge on any atom is 0.263 e. The van der Waals surface area contributed by atoms with E-state index in [0.29, 0.717) is 29.7 Å². The Bertz CT molecular complexity index is 1250. The van der Waals surface area contributed by atoms with Crippen LogP contribution in [0.15, 0.2) is 36.5 Å². The van der Waals surface area contributed by atoms with Crippen LogP contribution < -0.4 is 20.1 Å². The van der Waals surface area contributed by atoms with Gasteiger partial charge in [0.25, 0.3) is 5.91 Å². The van der Waals surface area contributed by atoms with Crippen LogP contribution in [0, 0.1) is 0 Å². The van der Waals surface area contributed by atoms with E-state index in [0.717, 1.165) is 53.8 Å². The molecule has 1 saturated heterocycles.